The van der Waals surface area contributed by atoms with E-state index in [4.69, 9.17) is 0 Å². The molecule has 2 saturated heterocycles. The molecule has 2 aromatic carbocycles. The van der Waals surface area contributed by atoms with Crippen molar-refractivity contribution in [2.45, 2.75) is 71.8 Å². The van der Waals surface area contributed by atoms with E-state index in [1.807, 2.05) is 36.4 Å². The zero-order chi connectivity index (χ0) is 28.1. The Labute approximate surface area is 239 Å². The Balaban J connectivity index is 1.11. The number of aliphatic imine (C=N–C) groups is 1. The van der Waals surface area contributed by atoms with Crippen molar-refractivity contribution in [1.29, 1.82) is 0 Å². The van der Waals surface area contributed by atoms with Crippen LogP contribution in [-0.2, 0) is 9.59 Å². The SMILES string of the molecule is CC(C)(C)C1=NCC(=O)N(CCCC(=O)Nc2ccc(N3CCC(N4CCCCC4)CC3)cc2)c2ccccc21. The van der Waals surface area contributed by atoms with Gasteiger partial charge in [0.05, 0.1) is 11.4 Å². The number of carbonyl (C=O) groups is 2. The van der Waals surface area contributed by atoms with Gasteiger partial charge in [-0.05, 0) is 75.5 Å². The lowest BCUT2D eigenvalue weighted by molar-refractivity contribution is -0.118. The molecule has 2 amide bonds. The molecule has 5 rings (SSSR count). The summed E-state index contributed by atoms with van der Waals surface area (Å²) < 4.78 is 0. The molecule has 2 fully saturated rings. The summed E-state index contributed by atoms with van der Waals surface area (Å²) >= 11 is 0. The highest BCUT2D eigenvalue weighted by molar-refractivity contribution is 6.13. The predicted octanol–water partition coefficient (Wildman–Crippen LogP) is 5.74. The van der Waals surface area contributed by atoms with Crippen molar-refractivity contribution in [1.82, 2.24) is 4.90 Å². The molecule has 0 atom stereocenters. The molecule has 3 heterocycles. The summed E-state index contributed by atoms with van der Waals surface area (Å²) in [7, 11) is 0. The number of fused-ring (bicyclic) bond motifs is 1. The number of anilines is 3. The monoisotopic (exact) mass is 543 g/mol. The second kappa shape index (κ2) is 12.5. The third-order valence-corrected chi connectivity index (χ3v) is 8.51. The van der Waals surface area contributed by atoms with E-state index < -0.39 is 0 Å². The number of rotatable bonds is 7. The first-order valence-corrected chi connectivity index (χ1v) is 15.1. The quantitative estimate of drug-likeness (QED) is 0.484. The van der Waals surface area contributed by atoms with Crippen LogP contribution in [0.15, 0.2) is 53.5 Å². The fourth-order valence-corrected chi connectivity index (χ4v) is 6.40. The minimum absolute atomic E-state index is 0.0253. The van der Waals surface area contributed by atoms with Crippen molar-refractivity contribution in [3.05, 3.63) is 54.1 Å². The molecule has 0 unspecified atom stereocenters. The number of carbonyl (C=O) groups excluding carboxylic acids is 2. The smallest absolute Gasteiger partial charge is 0.248 e. The highest BCUT2D eigenvalue weighted by atomic mass is 16.2. The maximum Gasteiger partial charge on any atom is 0.248 e. The van der Waals surface area contributed by atoms with Crippen LogP contribution in [0.1, 0.15) is 71.3 Å². The van der Waals surface area contributed by atoms with E-state index in [0.717, 1.165) is 41.8 Å². The number of nitrogens with zero attached hydrogens (tertiary/aromatic N) is 4. The van der Waals surface area contributed by atoms with Crippen LogP contribution < -0.4 is 15.1 Å². The first kappa shape index (κ1) is 28.3. The van der Waals surface area contributed by atoms with Crippen LogP contribution in [0.5, 0.6) is 0 Å². The van der Waals surface area contributed by atoms with Gasteiger partial charge in [-0.2, -0.15) is 0 Å². The van der Waals surface area contributed by atoms with E-state index in [0.29, 0.717) is 19.4 Å². The Morgan fingerprint density at radius 1 is 0.950 bits per heavy atom. The normalized spacial score (nSPS) is 19.2. The number of hydrogen-bond donors (Lipinski definition) is 1. The first-order chi connectivity index (χ1) is 19.3. The van der Waals surface area contributed by atoms with Gasteiger partial charge in [-0.25, -0.2) is 0 Å². The molecule has 0 bridgehead atoms. The maximum absolute atomic E-state index is 13.0. The third kappa shape index (κ3) is 6.74. The molecule has 7 heteroatoms. The number of amides is 2. The van der Waals surface area contributed by atoms with Crippen LogP contribution in [-0.4, -0.2) is 67.7 Å². The van der Waals surface area contributed by atoms with Crippen molar-refractivity contribution in [2.75, 3.05) is 54.4 Å². The summed E-state index contributed by atoms with van der Waals surface area (Å²) in [5.74, 6) is -0.0556. The molecule has 3 aliphatic rings. The van der Waals surface area contributed by atoms with Crippen molar-refractivity contribution in [3.63, 3.8) is 0 Å². The molecule has 2 aromatic rings. The maximum atomic E-state index is 13.0. The van der Waals surface area contributed by atoms with E-state index in [1.165, 1.54) is 50.9 Å². The zero-order valence-electron chi connectivity index (χ0n) is 24.5. The molecule has 214 valence electrons. The van der Waals surface area contributed by atoms with Crippen LogP contribution in [0, 0.1) is 5.41 Å². The van der Waals surface area contributed by atoms with Gasteiger partial charge >= 0.3 is 0 Å². The summed E-state index contributed by atoms with van der Waals surface area (Å²) in [5, 5.41) is 3.04. The van der Waals surface area contributed by atoms with Crippen molar-refractivity contribution in [3.8, 4) is 0 Å². The molecular formula is C33H45N5O2. The third-order valence-electron chi connectivity index (χ3n) is 8.51. The molecule has 40 heavy (non-hydrogen) atoms. The number of likely N-dealkylation sites (tertiary alicyclic amines) is 1. The Morgan fingerprint density at radius 3 is 2.35 bits per heavy atom. The van der Waals surface area contributed by atoms with Gasteiger partial charge in [-0.15, -0.1) is 0 Å². The molecule has 0 aliphatic carbocycles. The number of piperidine rings is 2. The summed E-state index contributed by atoms with van der Waals surface area (Å²) in [5.41, 5.74) is 4.72. The second-order valence-corrected chi connectivity index (χ2v) is 12.5. The van der Waals surface area contributed by atoms with Gasteiger partial charge in [0, 0.05) is 54.5 Å². The fraction of sp³-hybridized carbons (Fsp3) is 0.545. The lowest BCUT2D eigenvalue weighted by Crippen LogP contribution is -2.46. The van der Waals surface area contributed by atoms with Crippen LogP contribution in [0.3, 0.4) is 0 Å². The Kier molecular flexibility index (Phi) is 8.89. The van der Waals surface area contributed by atoms with Gasteiger partial charge in [0.1, 0.15) is 6.54 Å². The first-order valence-electron chi connectivity index (χ1n) is 15.1. The largest absolute Gasteiger partial charge is 0.371 e. The summed E-state index contributed by atoms with van der Waals surface area (Å²) in [6.45, 7) is 11.7. The molecule has 1 N–H and O–H groups in total. The van der Waals surface area contributed by atoms with Gasteiger partial charge in [-0.1, -0.05) is 45.4 Å². The zero-order valence-corrected chi connectivity index (χ0v) is 24.5. The van der Waals surface area contributed by atoms with Gasteiger partial charge < -0.3 is 20.0 Å². The molecule has 0 saturated carbocycles. The minimum atomic E-state index is -0.161. The lowest BCUT2D eigenvalue weighted by atomic mass is 9.85. The molecule has 0 radical (unpaired) electrons. The van der Waals surface area contributed by atoms with Gasteiger partial charge in [-0.3, -0.25) is 14.6 Å². The van der Waals surface area contributed by atoms with Crippen molar-refractivity contribution < 1.29 is 9.59 Å². The summed E-state index contributed by atoms with van der Waals surface area (Å²) in [6, 6.07) is 17.0. The van der Waals surface area contributed by atoms with Crippen LogP contribution in [0.2, 0.25) is 0 Å². The van der Waals surface area contributed by atoms with Crippen LogP contribution >= 0.6 is 0 Å². The van der Waals surface area contributed by atoms with Gasteiger partial charge in [0.2, 0.25) is 11.8 Å². The number of benzodiazepines with no additional fused rings is 1. The van der Waals surface area contributed by atoms with Crippen LogP contribution in [0.4, 0.5) is 17.1 Å². The van der Waals surface area contributed by atoms with E-state index in [1.54, 1.807) is 4.90 Å². The Hall–Kier alpha value is -3.19. The van der Waals surface area contributed by atoms with Crippen molar-refractivity contribution >= 4 is 34.6 Å². The second-order valence-electron chi connectivity index (χ2n) is 12.5. The average molecular weight is 544 g/mol. The lowest BCUT2D eigenvalue weighted by Gasteiger charge is -2.41. The van der Waals surface area contributed by atoms with E-state index in [-0.39, 0.29) is 23.8 Å². The molecule has 0 aromatic heterocycles. The molecular weight excluding hydrogens is 498 g/mol. The summed E-state index contributed by atoms with van der Waals surface area (Å²) in [4.78, 5) is 37.4. The Morgan fingerprint density at radius 2 is 1.65 bits per heavy atom. The van der Waals surface area contributed by atoms with Gasteiger partial charge in [0.25, 0.3) is 0 Å². The number of para-hydroxylation sites is 1. The fourth-order valence-electron chi connectivity index (χ4n) is 6.40. The minimum Gasteiger partial charge on any atom is -0.371 e. The predicted molar refractivity (Wildman–Crippen MR) is 165 cm³/mol. The molecule has 3 aliphatic heterocycles. The topological polar surface area (TPSA) is 68.2 Å². The molecule has 0 spiro atoms. The average Bonchev–Trinajstić information content (AvgIpc) is 3.10. The van der Waals surface area contributed by atoms with E-state index in [2.05, 4.69) is 53.0 Å². The number of benzene rings is 2. The molecule has 7 nitrogen and oxygen atoms in total. The van der Waals surface area contributed by atoms with E-state index in [9.17, 15) is 9.59 Å². The van der Waals surface area contributed by atoms with Crippen LogP contribution in [0.25, 0.3) is 0 Å². The number of hydrogen-bond acceptors (Lipinski definition) is 5. The summed E-state index contributed by atoms with van der Waals surface area (Å²) in [6.07, 6.45) is 7.48. The highest BCUT2D eigenvalue weighted by Gasteiger charge is 2.30. The van der Waals surface area contributed by atoms with E-state index >= 15 is 0 Å². The number of nitrogens with one attached hydrogen (secondary N) is 1. The van der Waals surface area contributed by atoms with Crippen molar-refractivity contribution in [2.24, 2.45) is 10.4 Å². The standard InChI is InChI=1S/C33H45N5O2/c1-33(2,3)32-28-10-5-6-11-29(28)38(31(40)24-34-32)21-9-12-30(39)35-25-13-15-26(16-14-25)37-22-17-27(18-23-37)36-19-7-4-8-20-36/h5-6,10-11,13-16,27H,4,7-9,12,17-24H2,1-3H3,(H,35,39). The van der Waals surface area contributed by atoms with Gasteiger partial charge in [0.15, 0.2) is 0 Å². The highest BCUT2D eigenvalue weighted by Crippen LogP contribution is 2.32. The Bertz CT molecular complexity index is 1200.